The van der Waals surface area contributed by atoms with Crippen molar-refractivity contribution in [3.63, 3.8) is 0 Å². The fourth-order valence-corrected chi connectivity index (χ4v) is 3.54. The Balaban J connectivity index is 2.20. The molecule has 0 spiro atoms. The van der Waals surface area contributed by atoms with Gasteiger partial charge in [0, 0.05) is 0 Å². The smallest absolute Gasteiger partial charge is 0.186 e. The molecule has 0 aliphatic carbocycles. The van der Waals surface area contributed by atoms with Crippen molar-refractivity contribution < 1.29 is 29.9 Å². The summed E-state index contributed by atoms with van der Waals surface area (Å²) >= 11 is 0. The first-order chi connectivity index (χ1) is 13.3. The fraction of sp³-hybridized carbons (Fsp3) is 0.909. The molecule has 0 bridgehead atoms. The van der Waals surface area contributed by atoms with Crippen LogP contribution < -0.4 is 0 Å². The second-order valence-corrected chi connectivity index (χ2v) is 8.73. The van der Waals surface area contributed by atoms with Crippen molar-refractivity contribution in [2.75, 3.05) is 13.2 Å². The second-order valence-electron chi connectivity index (χ2n) is 8.73. The molecule has 0 aromatic carbocycles. The molecule has 28 heavy (non-hydrogen) atoms. The first kappa shape index (κ1) is 25.5. The molecule has 0 radical (unpaired) electrons. The molecule has 166 valence electrons. The maximum atomic E-state index is 9.93. The van der Waals surface area contributed by atoms with Crippen molar-refractivity contribution >= 4 is 0 Å². The van der Waals surface area contributed by atoms with Gasteiger partial charge in [-0.05, 0) is 38.0 Å². The number of hydrogen-bond donors (Lipinski definition) is 4. The Morgan fingerprint density at radius 1 is 1.00 bits per heavy atom. The summed E-state index contributed by atoms with van der Waals surface area (Å²) in [6.45, 7) is 8.91. The molecule has 1 aliphatic rings. The molecule has 6 heteroatoms. The zero-order valence-corrected chi connectivity index (χ0v) is 18.1. The molecule has 1 fully saturated rings. The van der Waals surface area contributed by atoms with Gasteiger partial charge in [0.15, 0.2) is 6.29 Å². The van der Waals surface area contributed by atoms with Gasteiger partial charge in [-0.15, -0.1) is 0 Å². The van der Waals surface area contributed by atoms with Crippen molar-refractivity contribution in [2.24, 2.45) is 11.8 Å². The quantitative estimate of drug-likeness (QED) is 0.279. The molecule has 1 aliphatic heterocycles. The molecule has 1 rings (SSSR count). The summed E-state index contributed by atoms with van der Waals surface area (Å²) in [6.07, 6.45) is 4.25. The van der Waals surface area contributed by atoms with Crippen LogP contribution in [-0.2, 0) is 9.47 Å². The maximum absolute atomic E-state index is 9.93. The van der Waals surface area contributed by atoms with E-state index < -0.39 is 37.3 Å². The van der Waals surface area contributed by atoms with E-state index in [0.29, 0.717) is 13.0 Å². The van der Waals surface area contributed by atoms with Crippen molar-refractivity contribution in [3.8, 4) is 0 Å². The fourth-order valence-electron chi connectivity index (χ4n) is 3.54. The molecular weight excluding hydrogens is 360 g/mol. The Morgan fingerprint density at radius 3 is 2.32 bits per heavy atom. The summed E-state index contributed by atoms with van der Waals surface area (Å²) in [4.78, 5) is 0. The molecule has 6 unspecified atom stereocenters. The van der Waals surface area contributed by atoms with Crippen molar-refractivity contribution in [1.82, 2.24) is 0 Å². The third-order valence-electron chi connectivity index (χ3n) is 5.49. The minimum Gasteiger partial charge on any atom is -0.394 e. The van der Waals surface area contributed by atoms with E-state index >= 15 is 0 Å². The molecular formula is C22H42O6. The Bertz CT molecular complexity index is 437. The molecule has 4 N–H and O–H groups in total. The summed E-state index contributed by atoms with van der Waals surface area (Å²) < 4.78 is 10.8. The average Bonchev–Trinajstić information content (AvgIpc) is 2.64. The molecule has 0 aromatic rings. The highest BCUT2D eigenvalue weighted by Gasteiger charge is 2.43. The van der Waals surface area contributed by atoms with Crippen LogP contribution in [-0.4, -0.2) is 64.3 Å². The topological polar surface area (TPSA) is 99.4 Å². The number of hydrogen-bond acceptors (Lipinski definition) is 6. The van der Waals surface area contributed by atoms with Gasteiger partial charge in [-0.1, -0.05) is 58.1 Å². The van der Waals surface area contributed by atoms with Gasteiger partial charge < -0.3 is 29.9 Å². The van der Waals surface area contributed by atoms with E-state index in [1.54, 1.807) is 0 Å². The Hall–Kier alpha value is -0.500. The lowest BCUT2D eigenvalue weighted by Gasteiger charge is -2.39. The van der Waals surface area contributed by atoms with Crippen LogP contribution in [0.2, 0.25) is 0 Å². The van der Waals surface area contributed by atoms with Crippen LogP contribution in [0.1, 0.15) is 72.6 Å². The molecule has 1 heterocycles. The highest BCUT2D eigenvalue weighted by molar-refractivity contribution is 4.97. The van der Waals surface area contributed by atoms with Gasteiger partial charge >= 0.3 is 0 Å². The highest BCUT2D eigenvalue weighted by atomic mass is 16.7. The standard InChI is InChI=1S/C22H42O6/c1-15(2)8-5-9-16(3)10-6-11-17(4)12-7-13-27-22-21(26)20(25)19(24)18(14-23)28-22/h12,15-16,18-26H,5-11,13-14H2,1-4H3/b17-12+. The number of allylic oxidation sites excluding steroid dienone is 1. The molecule has 0 saturated carbocycles. The van der Waals surface area contributed by atoms with Crippen molar-refractivity contribution in [3.05, 3.63) is 11.6 Å². The lowest BCUT2D eigenvalue weighted by Crippen LogP contribution is -2.59. The van der Waals surface area contributed by atoms with E-state index in [-0.39, 0.29) is 0 Å². The largest absolute Gasteiger partial charge is 0.394 e. The normalized spacial score (nSPS) is 30.0. The maximum Gasteiger partial charge on any atom is 0.186 e. The predicted molar refractivity (Wildman–Crippen MR) is 110 cm³/mol. The van der Waals surface area contributed by atoms with Crippen LogP contribution in [0.25, 0.3) is 0 Å². The molecule has 0 amide bonds. The lowest BCUT2D eigenvalue weighted by atomic mass is 9.94. The summed E-state index contributed by atoms with van der Waals surface area (Å²) in [7, 11) is 0. The Labute approximate surface area is 170 Å². The molecule has 6 atom stereocenters. The third kappa shape index (κ3) is 9.33. The minimum atomic E-state index is -1.39. The molecule has 0 aromatic heterocycles. The van der Waals surface area contributed by atoms with Crippen molar-refractivity contribution in [2.45, 2.75) is 103 Å². The van der Waals surface area contributed by atoms with Crippen LogP contribution in [0.15, 0.2) is 11.6 Å². The van der Waals surface area contributed by atoms with E-state index in [2.05, 4.69) is 33.8 Å². The molecule has 6 nitrogen and oxygen atoms in total. The molecule has 1 saturated heterocycles. The van der Waals surface area contributed by atoms with Gasteiger partial charge in [0.05, 0.1) is 13.2 Å². The van der Waals surface area contributed by atoms with Crippen LogP contribution in [0.3, 0.4) is 0 Å². The number of rotatable bonds is 13. The predicted octanol–water partition coefficient (Wildman–Crippen LogP) is 2.77. The van der Waals surface area contributed by atoms with E-state index in [0.717, 1.165) is 18.3 Å². The first-order valence-corrected chi connectivity index (χ1v) is 10.8. The summed E-state index contributed by atoms with van der Waals surface area (Å²) in [6, 6.07) is 0. The highest BCUT2D eigenvalue weighted by Crippen LogP contribution is 2.22. The van der Waals surface area contributed by atoms with Gasteiger partial charge in [0.2, 0.25) is 0 Å². The van der Waals surface area contributed by atoms with Crippen LogP contribution in [0.4, 0.5) is 0 Å². The monoisotopic (exact) mass is 402 g/mol. The van der Waals surface area contributed by atoms with Crippen molar-refractivity contribution in [1.29, 1.82) is 0 Å². The summed E-state index contributed by atoms with van der Waals surface area (Å²) in [5.41, 5.74) is 1.33. The van der Waals surface area contributed by atoms with E-state index in [1.807, 2.05) is 0 Å². The number of ether oxygens (including phenoxy) is 2. The van der Waals surface area contributed by atoms with E-state index in [4.69, 9.17) is 9.47 Å². The minimum absolute atomic E-state index is 0.339. The summed E-state index contributed by atoms with van der Waals surface area (Å²) in [5, 5.41) is 38.6. The van der Waals surface area contributed by atoms with Gasteiger partial charge in [0.1, 0.15) is 24.4 Å². The SMILES string of the molecule is C/C(=C\CCOC1OC(CO)C(O)C(O)C1O)CCCC(C)CCCC(C)C. The van der Waals surface area contributed by atoms with E-state index in [1.165, 1.54) is 37.7 Å². The zero-order valence-electron chi connectivity index (χ0n) is 18.1. The second kappa shape index (κ2) is 13.7. The van der Waals surface area contributed by atoms with E-state index in [9.17, 15) is 20.4 Å². The Kier molecular flexibility index (Phi) is 12.5. The van der Waals surface area contributed by atoms with Gasteiger partial charge in [-0.25, -0.2) is 0 Å². The number of aliphatic hydroxyl groups is 4. The number of aliphatic hydroxyl groups excluding tert-OH is 4. The average molecular weight is 403 g/mol. The lowest BCUT2D eigenvalue weighted by molar-refractivity contribution is -0.300. The van der Waals surface area contributed by atoms with Crippen LogP contribution in [0, 0.1) is 11.8 Å². The zero-order chi connectivity index (χ0) is 21.1. The Morgan fingerprint density at radius 2 is 1.68 bits per heavy atom. The summed E-state index contributed by atoms with van der Waals surface area (Å²) in [5.74, 6) is 1.57. The third-order valence-corrected chi connectivity index (χ3v) is 5.49. The van der Waals surface area contributed by atoms with Crippen LogP contribution in [0.5, 0.6) is 0 Å². The van der Waals surface area contributed by atoms with Gasteiger partial charge in [0.25, 0.3) is 0 Å². The van der Waals surface area contributed by atoms with Gasteiger partial charge in [-0.3, -0.25) is 0 Å². The van der Waals surface area contributed by atoms with Crippen LogP contribution >= 0.6 is 0 Å². The first-order valence-electron chi connectivity index (χ1n) is 10.8. The van der Waals surface area contributed by atoms with Gasteiger partial charge in [-0.2, -0.15) is 0 Å².